The van der Waals surface area contributed by atoms with Crippen LogP contribution < -0.4 is 4.74 Å². The standard InChI is InChI=1S/C20H16N4O2/c1-2-18-19(26-17-9-15(11-21)8-16(10-17)12-22)20(25)24(23-18)13-14-6-4-3-5-7-14/h3-10,19H,2,13H2,1H3. The topological polar surface area (TPSA) is 89.5 Å². The van der Waals surface area contributed by atoms with Crippen molar-refractivity contribution in [3.8, 4) is 17.9 Å². The molecule has 0 bridgehead atoms. The molecule has 1 amide bonds. The molecule has 0 aromatic heterocycles. The second-order valence-corrected chi connectivity index (χ2v) is 5.79. The van der Waals surface area contributed by atoms with Gasteiger partial charge in [0.25, 0.3) is 5.91 Å². The Balaban J connectivity index is 1.82. The van der Waals surface area contributed by atoms with Gasteiger partial charge < -0.3 is 4.74 Å². The van der Waals surface area contributed by atoms with E-state index in [4.69, 9.17) is 15.3 Å². The lowest BCUT2D eigenvalue weighted by Crippen LogP contribution is -2.36. The van der Waals surface area contributed by atoms with Crippen LogP contribution in [0.3, 0.4) is 0 Å². The average Bonchev–Trinajstić information content (AvgIpc) is 2.97. The smallest absolute Gasteiger partial charge is 0.290 e. The Morgan fingerprint density at radius 3 is 2.35 bits per heavy atom. The molecule has 0 spiro atoms. The van der Waals surface area contributed by atoms with Crippen LogP contribution >= 0.6 is 0 Å². The van der Waals surface area contributed by atoms with Gasteiger partial charge in [-0.2, -0.15) is 15.6 Å². The Kier molecular flexibility index (Phi) is 4.96. The summed E-state index contributed by atoms with van der Waals surface area (Å²) in [7, 11) is 0. The zero-order valence-electron chi connectivity index (χ0n) is 14.2. The van der Waals surface area contributed by atoms with E-state index in [0.29, 0.717) is 35.6 Å². The molecule has 0 fully saturated rings. The van der Waals surface area contributed by atoms with Crippen LogP contribution in [0.15, 0.2) is 53.6 Å². The zero-order chi connectivity index (χ0) is 18.5. The van der Waals surface area contributed by atoms with Crippen molar-refractivity contribution in [2.24, 2.45) is 5.10 Å². The first-order chi connectivity index (χ1) is 12.6. The average molecular weight is 344 g/mol. The molecule has 0 N–H and O–H groups in total. The van der Waals surface area contributed by atoms with Crippen molar-refractivity contribution in [2.75, 3.05) is 0 Å². The molecule has 0 aliphatic carbocycles. The number of rotatable bonds is 5. The molecule has 1 atom stereocenters. The number of nitrogens with zero attached hydrogens (tertiary/aromatic N) is 4. The summed E-state index contributed by atoms with van der Waals surface area (Å²) in [5, 5.41) is 24.0. The summed E-state index contributed by atoms with van der Waals surface area (Å²) in [5.41, 5.74) is 2.20. The van der Waals surface area contributed by atoms with Crippen molar-refractivity contribution >= 4 is 11.6 Å². The predicted molar refractivity (Wildman–Crippen MR) is 95.0 cm³/mol. The van der Waals surface area contributed by atoms with E-state index in [1.807, 2.05) is 49.4 Å². The van der Waals surface area contributed by atoms with E-state index in [-0.39, 0.29) is 5.91 Å². The number of hydrazone groups is 1. The second kappa shape index (κ2) is 7.50. The Morgan fingerprint density at radius 2 is 1.77 bits per heavy atom. The molecule has 0 saturated carbocycles. The van der Waals surface area contributed by atoms with E-state index in [1.54, 1.807) is 0 Å². The lowest BCUT2D eigenvalue weighted by molar-refractivity contribution is -0.134. The molecule has 128 valence electrons. The fourth-order valence-corrected chi connectivity index (χ4v) is 2.71. The van der Waals surface area contributed by atoms with Crippen LogP contribution in [0.2, 0.25) is 0 Å². The maximum Gasteiger partial charge on any atom is 0.290 e. The molecule has 0 radical (unpaired) electrons. The minimum absolute atomic E-state index is 0.258. The molecule has 3 rings (SSSR count). The molecular formula is C20H16N4O2. The van der Waals surface area contributed by atoms with Gasteiger partial charge in [0, 0.05) is 0 Å². The van der Waals surface area contributed by atoms with Crippen molar-refractivity contribution < 1.29 is 9.53 Å². The minimum Gasteiger partial charge on any atom is -0.474 e. The normalized spacial score (nSPS) is 16.0. The highest BCUT2D eigenvalue weighted by Gasteiger charge is 2.36. The number of carbonyl (C=O) groups excluding carboxylic acids is 1. The lowest BCUT2D eigenvalue weighted by Gasteiger charge is -2.16. The van der Waals surface area contributed by atoms with Gasteiger partial charge in [0.2, 0.25) is 6.10 Å². The molecule has 1 aliphatic rings. The minimum atomic E-state index is -0.843. The molecule has 26 heavy (non-hydrogen) atoms. The van der Waals surface area contributed by atoms with E-state index in [1.165, 1.54) is 23.2 Å². The first-order valence-corrected chi connectivity index (χ1v) is 8.19. The highest BCUT2D eigenvalue weighted by Crippen LogP contribution is 2.23. The maximum absolute atomic E-state index is 12.7. The van der Waals surface area contributed by atoms with E-state index in [9.17, 15) is 4.79 Å². The van der Waals surface area contributed by atoms with Crippen molar-refractivity contribution in [3.05, 3.63) is 65.2 Å². The summed E-state index contributed by atoms with van der Waals surface area (Å²) < 4.78 is 5.82. The van der Waals surface area contributed by atoms with Gasteiger partial charge >= 0.3 is 0 Å². The first kappa shape index (κ1) is 17.2. The van der Waals surface area contributed by atoms with Crippen LogP contribution in [0.5, 0.6) is 5.75 Å². The van der Waals surface area contributed by atoms with E-state index >= 15 is 0 Å². The number of nitriles is 2. The quantitative estimate of drug-likeness (QED) is 0.834. The fourth-order valence-electron chi connectivity index (χ4n) is 2.71. The number of benzene rings is 2. The molecule has 1 heterocycles. The Bertz CT molecular complexity index is 906. The van der Waals surface area contributed by atoms with E-state index in [2.05, 4.69) is 5.10 Å². The third kappa shape index (κ3) is 3.55. The van der Waals surface area contributed by atoms with E-state index in [0.717, 1.165) is 5.56 Å². The van der Waals surface area contributed by atoms with Crippen molar-refractivity contribution in [2.45, 2.75) is 26.0 Å². The van der Waals surface area contributed by atoms with Crippen LogP contribution in [-0.2, 0) is 11.3 Å². The fraction of sp³-hybridized carbons (Fsp3) is 0.200. The van der Waals surface area contributed by atoms with Gasteiger partial charge in [-0.3, -0.25) is 4.79 Å². The third-order valence-corrected chi connectivity index (χ3v) is 3.99. The molecule has 6 nitrogen and oxygen atoms in total. The molecule has 0 saturated heterocycles. The van der Waals surface area contributed by atoms with Gasteiger partial charge in [-0.15, -0.1) is 0 Å². The monoisotopic (exact) mass is 344 g/mol. The summed E-state index contributed by atoms with van der Waals surface area (Å²) in [5.74, 6) is 0.0493. The van der Waals surface area contributed by atoms with Crippen LogP contribution in [0.4, 0.5) is 0 Å². The van der Waals surface area contributed by atoms with Gasteiger partial charge in [-0.05, 0) is 30.2 Å². The summed E-state index contributed by atoms with van der Waals surface area (Å²) in [6, 6.07) is 18.1. The molecule has 2 aromatic carbocycles. The largest absolute Gasteiger partial charge is 0.474 e. The number of amides is 1. The summed E-state index contributed by atoms with van der Waals surface area (Å²) in [4.78, 5) is 12.7. The SMILES string of the molecule is CCC1=NN(Cc2ccccc2)C(=O)C1Oc1cc(C#N)cc(C#N)c1. The number of carbonyl (C=O) groups is 1. The molecule has 1 aliphatic heterocycles. The van der Waals surface area contributed by atoms with E-state index < -0.39 is 6.10 Å². The Hall–Kier alpha value is -3.64. The van der Waals surface area contributed by atoms with Gasteiger partial charge in [0.15, 0.2) is 0 Å². The summed E-state index contributed by atoms with van der Waals surface area (Å²) in [6.45, 7) is 2.27. The van der Waals surface area contributed by atoms with Gasteiger partial charge in [-0.1, -0.05) is 37.3 Å². The van der Waals surface area contributed by atoms with Gasteiger partial charge in [-0.25, -0.2) is 5.01 Å². The van der Waals surface area contributed by atoms with Crippen LogP contribution in [0.25, 0.3) is 0 Å². The van der Waals surface area contributed by atoms with Crippen molar-refractivity contribution in [3.63, 3.8) is 0 Å². The number of hydrogen-bond acceptors (Lipinski definition) is 5. The van der Waals surface area contributed by atoms with Crippen molar-refractivity contribution in [1.82, 2.24) is 5.01 Å². The molecule has 6 heteroatoms. The van der Waals surface area contributed by atoms with Crippen LogP contribution in [-0.4, -0.2) is 22.7 Å². The Morgan fingerprint density at radius 1 is 1.12 bits per heavy atom. The highest BCUT2D eigenvalue weighted by molar-refractivity contribution is 6.10. The van der Waals surface area contributed by atoms with Gasteiger partial charge in [0.05, 0.1) is 35.5 Å². The summed E-state index contributed by atoms with van der Waals surface area (Å²) in [6.07, 6.45) is -0.283. The molecular weight excluding hydrogens is 328 g/mol. The first-order valence-electron chi connectivity index (χ1n) is 8.19. The zero-order valence-corrected chi connectivity index (χ0v) is 14.2. The van der Waals surface area contributed by atoms with Crippen LogP contribution in [0, 0.1) is 22.7 Å². The predicted octanol–water partition coefficient (Wildman–Crippen LogP) is 2.99. The third-order valence-electron chi connectivity index (χ3n) is 3.99. The molecule has 1 unspecified atom stereocenters. The summed E-state index contributed by atoms with van der Waals surface area (Å²) >= 11 is 0. The van der Waals surface area contributed by atoms with Crippen molar-refractivity contribution in [1.29, 1.82) is 10.5 Å². The van der Waals surface area contributed by atoms with Gasteiger partial charge in [0.1, 0.15) is 5.75 Å². The Labute approximate surface area is 151 Å². The lowest BCUT2D eigenvalue weighted by atomic mass is 10.1. The maximum atomic E-state index is 12.7. The van der Waals surface area contributed by atoms with Crippen LogP contribution in [0.1, 0.15) is 30.0 Å². The highest BCUT2D eigenvalue weighted by atomic mass is 16.5. The number of ether oxygens (including phenoxy) is 1. The molecule has 2 aromatic rings. The number of hydrogen-bond donors (Lipinski definition) is 0. The second-order valence-electron chi connectivity index (χ2n) is 5.79.